The number of hydrogen-bond acceptors (Lipinski definition) is 3. The van der Waals surface area contributed by atoms with Gasteiger partial charge in [-0.1, -0.05) is 18.9 Å². The third kappa shape index (κ3) is 2.69. The lowest BCUT2D eigenvalue weighted by molar-refractivity contribution is 0.178. The van der Waals surface area contributed by atoms with Crippen LogP contribution in [0.4, 0.5) is 15.8 Å². The van der Waals surface area contributed by atoms with Crippen molar-refractivity contribution < 1.29 is 9.50 Å². The molecule has 0 spiro atoms. The molecule has 1 aliphatic carbocycles. The van der Waals surface area contributed by atoms with E-state index in [1.165, 1.54) is 6.07 Å². The lowest BCUT2D eigenvalue weighted by Gasteiger charge is -2.32. The third-order valence-corrected chi connectivity index (χ3v) is 3.54. The van der Waals surface area contributed by atoms with Crippen LogP contribution in [0.15, 0.2) is 18.2 Å². The fourth-order valence-corrected chi connectivity index (χ4v) is 2.48. The number of rotatable bonds is 3. The van der Waals surface area contributed by atoms with Gasteiger partial charge in [-0.2, -0.15) is 0 Å². The fourth-order valence-electron chi connectivity index (χ4n) is 2.48. The van der Waals surface area contributed by atoms with Crippen molar-refractivity contribution in [3.8, 4) is 0 Å². The molecule has 94 valence electrons. The minimum atomic E-state index is -0.397. The van der Waals surface area contributed by atoms with Gasteiger partial charge in [-0.25, -0.2) is 4.39 Å². The summed E-state index contributed by atoms with van der Waals surface area (Å²) < 4.78 is 13.3. The van der Waals surface area contributed by atoms with Crippen LogP contribution in [0.2, 0.25) is 0 Å². The molecule has 1 saturated carbocycles. The van der Waals surface area contributed by atoms with Gasteiger partial charge in [-0.15, -0.1) is 0 Å². The average Bonchev–Trinajstić information content (AvgIpc) is 2.35. The molecule has 4 N–H and O–H groups in total. The van der Waals surface area contributed by atoms with E-state index < -0.39 is 5.82 Å². The Labute approximate surface area is 101 Å². The number of benzene rings is 1. The van der Waals surface area contributed by atoms with E-state index in [1.54, 1.807) is 12.1 Å². The number of hydrogen-bond donors (Lipinski definition) is 3. The van der Waals surface area contributed by atoms with E-state index in [0.29, 0.717) is 5.69 Å². The topological polar surface area (TPSA) is 58.3 Å². The highest BCUT2D eigenvalue weighted by Crippen LogP contribution is 2.29. The van der Waals surface area contributed by atoms with Gasteiger partial charge in [0.25, 0.3) is 0 Å². The van der Waals surface area contributed by atoms with E-state index in [0.717, 1.165) is 25.7 Å². The zero-order valence-corrected chi connectivity index (χ0v) is 9.82. The standard InChI is InChI=1S/C13H19FN2O/c14-10-5-3-7-12(13(10)15)16-11-6-2-1-4-9(11)8-17/h3,5,7,9,11,16-17H,1-2,4,6,8,15H2. The van der Waals surface area contributed by atoms with E-state index in [9.17, 15) is 9.50 Å². The maximum atomic E-state index is 13.3. The zero-order chi connectivity index (χ0) is 12.3. The number of nitrogens with one attached hydrogen (secondary N) is 1. The Hall–Kier alpha value is -1.29. The molecular weight excluding hydrogens is 219 g/mol. The predicted molar refractivity (Wildman–Crippen MR) is 67.3 cm³/mol. The fraction of sp³-hybridized carbons (Fsp3) is 0.538. The van der Waals surface area contributed by atoms with Crippen molar-refractivity contribution in [2.45, 2.75) is 31.7 Å². The van der Waals surface area contributed by atoms with Crippen molar-refractivity contribution >= 4 is 11.4 Å². The van der Waals surface area contributed by atoms with Crippen LogP contribution in [-0.2, 0) is 0 Å². The molecule has 0 radical (unpaired) electrons. The summed E-state index contributed by atoms with van der Waals surface area (Å²) in [6.07, 6.45) is 4.32. The summed E-state index contributed by atoms with van der Waals surface area (Å²) >= 11 is 0. The number of anilines is 2. The number of nitrogen functional groups attached to an aromatic ring is 1. The lowest BCUT2D eigenvalue weighted by Crippen LogP contribution is -2.34. The molecule has 0 aliphatic heterocycles. The molecule has 0 heterocycles. The van der Waals surface area contributed by atoms with Crippen LogP contribution in [0.25, 0.3) is 0 Å². The van der Waals surface area contributed by atoms with Gasteiger partial charge in [0, 0.05) is 18.6 Å². The number of para-hydroxylation sites is 1. The molecule has 2 rings (SSSR count). The molecule has 1 aromatic rings. The maximum absolute atomic E-state index is 13.3. The van der Waals surface area contributed by atoms with Crippen molar-refractivity contribution in [2.75, 3.05) is 17.7 Å². The maximum Gasteiger partial charge on any atom is 0.148 e. The predicted octanol–water partition coefficient (Wildman–Crippen LogP) is 2.37. The van der Waals surface area contributed by atoms with Gasteiger partial charge in [0.15, 0.2) is 0 Å². The molecule has 1 aliphatic rings. The second-order valence-electron chi connectivity index (χ2n) is 4.68. The second-order valence-corrected chi connectivity index (χ2v) is 4.68. The molecule has 1 fully saturated rings. The molecule has 3 nitrogen and oxygen atoms in total. The molecule has 1 aromatic carbocycles. The highest BCUT2D eigenvalue weighted by atomic mass is 19.1. The van der Waals surface area contributed by atoms with E-state index >= 15 is 0 Å². The van der Waals surface area contributed by atoms with Crippen molar-refractivity contribution in [1.29, 1.82) is 0 Å². The van der Waals surface area contributed by atoms with E-state index in [2.05, 4.69) is 5.32 Å². The zero-order valence-electron chi connectivity index (χ0n) is 9.82. The summed E-state index contributed by atoms with van der Waals surface area (Å²) in [6.45, 7) is 0.173. The molecular formula is C13H19FN2O. The highest BCUT2D eigenvalue weighted by Gasteiger charge is 2.24. The minimum Gasteiger partial charge on any atom is -0.396 e. The number of aliphatic hydroxyl groups excluding tert-OH is 1. The molecule has 4 heteroatoms. The molecule has 2 atom stereocenters. The lowest BCUT2D eigenvalue weighted by atomic mass is 9.85. The Bertz CT molecular complexity index is 384. The van der Waals surface area contributed by atoms with Gasteiger partial charge in [-0.3, -0.25) is 0 Å². The van der Waals surface area contributed by atoms with Crippen molar-refractivity contribution in [1.82, 2.24) is 0 Å². The Kier molecular flexibility index (Phi) is 3.84. The summed E-state index contributed by atoms with van der Waals surface area (Å²) in [7, 11) is 0. The van der Waals surface area contributed by atoms with Crippen molar-refractivity contribution in [2.24, 2.45) is 5.92 Å². The summed E-state index contributed by atoms with van der Waals surface area (Å²) in [5.74, 6) is -0.155. The van der Waals surface area contributed by atoms with E-state index in [4.69, 9.17) is 5.73 Å². The first kappa shape index (κ1) is 12.2. The van der Waals surface area contributed by atoms with E-state index in [1.807, 2.05) is 0 Å². The molecule has 0 amide bonds. The average molecular weight is 238 g/mol. The molecule has 0 aromatic heterocycles. The summed E-state index contributed by atoms with van der Waals surface area (Å²) in [6, 6.07) is 4.97. The third-order valence-electron chi connectivity index (χ3n) is 3.54. The van der Waals surface area contributed by atoms with Crippen molar-refractivity contribution in [3.05, 3.63) is 24.0 Å². The van der Waals surface area contributed by atoms with Crippen LogP contribution in [0.3, 0.4) is 0 Å². The number of nitrogens with two attached hydrogens (primary N) is 1. The number of aliphatic hydroxyl groups is 1. The molecule has 0 saturated heterocycles. The highest BCUT2D eigenvalue weighted by molar-refractivity contribution is 5.66. The quantitative estimate of drug-likeness (QED) is 0.708. The second kappa shape index (κ2) is 5.36. The van der Waals surface area contributed by atoms with E-state index in [-0.39, 0.29) is 24.3 Å². The minimum absolute atomic E-state index is 0.162. The van der Waals surface area contributed by atoms with Gasteiger partial charge in [-0.05, 0) is 25.0 Å². The Balaban J connectivity index is 2.11. The first-order valence-corrected chi connectivity index (χ1v) is 6.13. The first-order valence-electron chi connectivity index (χ1n) is 6.13. The summed E-state index contributed by atoms with van der Waals surface area (Å²) in [5, 5.41) is 12.6. The molecule has 0 bridgehead atoms. The first-order chi connectivity index (χ1) is 8.22. The van der Waals surface area contributed by atoms with Gasteiger partial charge in [0.05, 0.1) is 11.4 Å². The van der Waals surface area contributed by atoms with Gasteiger partial charge in [0.1, 0.15) is 5.82 Å². The SMILES string of the molecule is Nc1c(F)cccc1NC1CCCCC1CO. The van der Waals surface area contributed by atoms with Crippen LogP contribution < -0.4 is 11.1 Å². The largest absolute Gasteiger partial charge is 0.396 e. The van der Waals surface area contributed by atoms with Crippen LogP contribution in [-0.4, -0.2) is 17.8 Å². The van der Waals surface area contributed by atoms with Crippen LogP contribution in [0.1, 0.15) is 25.7 Å². The normalized spacial score (nSPS) is 24.6. The summed E-state index contributed by atoms with van der Waals surface area (Å²) in [4.78, 5) is 0. The van der Waals surface area contributed by atoms with Crippen LogP contribution in [0.5, 0.6) is 0 Å². The van der Waals surface area contributed by atoms with Gasteiger partial charge >= 0.3 is 0 Å². The van der Waals surface area contributed by atoms with Gasteiger partial charge in [0.2, 0.25) is 0 Å². The molecule has 17 heavy (non-hydrogen) atoms. The smallest absolute Gasteiger partial charge is 0.148 e. The van der Waals surface area contributed by atoms with Crippen LogP contribution in [0, 0.1) is 11.7 Å². The monoisotopic (exact) mass is 238 g/mol. The summed E-state index contributed by atoms with van der Waals surface area (Å²) in [5.41, 5.74) is 6.48. The molecule has 2 unspecified atom stereocenters. The van der Waals surface area contributed by atoms with Crippen molar-refractivity contribution in [3.63, 3.8) is 0 Å². The number of halogens is 1. The Morgan fingerprint density at radius 3 is 2.88 bits per heavy atom. The van der Waals surface area contributed by atoms with Gasteiger partial charge < -0.3 is 16.2 Å². The Morgan fingerprint density at radius 1 is 1.35 bits per heavy atom. The van der Waals surface area contributed by atoms with Crippen LogP contribution >= 0.6 is 0 Å². The Morgan fingerprint density at radius 2 is 2.12 bits per heavy atom.